The van der Waals surface area contributed by atoms with Gasteiger partial charge >= 0.3 is 0 Å². The molecule has 0 amide bonds. The van der Waals surface area contributed by atoms with E-state index in [1.807, 2.05) is 0 Å². The lowest BCUT2D eigenvalue weighted by Crippen LogP contribution is -2.26. The van der Waals surface area contributed by atoms with Crippen LogP contribution >= 0.6 is 0 Å². The topological polar surface area (TPSA) is 46.2 Å². The van der Waals surface area contributed by atoms with Crippen LogP contribution in [0.1, 0.15) is 53.4 Å². The molecule has 0 aromatic carbocycles. The van der Waals surface area contributed by atoms with E-state index in [-0.39, 0.29) is 5.25 Å². The average Bonchev–Trinajstić information content (AvgIpc) is 2.21. The van der Waals surface area contributed by atoms with Crippen LogP contribution in [0.3, 0.4) is 0 Å². The SMILES string of the molecule is CCCNC(C)CCCCS(=O)(=O)C(C)C. The molecule has 1 N–H and O–H groups in total. The lowest BCUT2D eigenvalue weighted by atomic mass is 10.1. The molecule has 3 nitrogen and oxygen atoms in total. The van der Waals surface area contributed by atoms with Crippen molar-refractivity contribution in [3.05, 3.63) is 0 Å². The Bertz CT molecular complexity index is 260. The third kappa shape index (κ3) is 7.23. The molecule has 1 atom stereocenters. The predicted octanol–water partition coefficient (Wildman–Crippen LogP) is 2.37. The van der Waals surface area contributed by atoms with Crippen LogP contribution in [0, 0.1) is 0 Å². The van der Waals surface area contributed by atoms with Crippen molar-refractivity contribution in [1.29, 1.82) is 0 Å². The molecular formula is C12H27NO2S. The Morgan fingerprint density at radius 1 is 1.12 bits per heavy atom. The fraction of sp³-hybridized carbons (Fsp3) is 1.00. The normalized spacial score (nSPS) is 14.3. The maximum atomic E-state index is 11.5. The van der Waals surface area contributed by atoms with Crippen LogP contribution in [-0.4, -0.2) is 32.0 Å². The molecule has 0 saturated carbocycles. The second-order valence-electron chi connectivity index (χ2n) is 4.77. The van der Waals surface area contributed by atoms with Gasteiger partial charge in [-0.3, -0.25) is 0 Å². The van der Waals surface area contributed by atoms with Crippen LogP contribution < -0.4 is 5.32 Å². The molecule has 4 heteroatoms. The monoisotopic (exact) mass is 249 g/mol. The standard InChI is InChI=1S/C12H27NO2S/c1-5-9-13-12(4)8-6-7-10-16(14,15)11(2)3/h11-13H,5-10H2,1-4H3. The van der Waals surface area contributed by atoms with Gasteiger partial charge in [-0.1, -0.05) is 13.3 Å². The molecule has 98 valence electrons. The summed E-state index contributed by atoms with van der Waals surface area (Å²) in [5, 5.41) is 3.17. The molecule has 0 saturated heterocycles. The first-order valence-corrected chi connectivity index (χ1v) is 8.06. The van der Waals surface area contributed by atoms with Crippen LogP contribution in [0.4, 0.5) is 0 Å². The zero-order valence-electron chi connectivity index (χ0n) is 11.1. The van der Waals surface area contributed by atoms with Crippen LogP contribution in [-0.2, 0) is 9.84 Å². The molecule has 1 unspecified atom stereocenters. The van der Waals surface area contributed by atoms with Crippen molar-refractivity contribution >= 4 is 9.84 Å². The number of rotatable bonds is 9. The van der Waals surface area contributed by atoms with Crippen molar-refractivity contribution in [2.75, 3.05) is 12.3 Å². The molecule has 0 spiro atoms. The number of nitrogens with one attached hydrogen (secondary N) is 1. The zero-order valence-corrected chi connectivity index (χ0v) is 11.9. The molecular weight excluding hydrogens is 222 g/mol. The van der Waals surface area contributed by atoms with E-state index in [1.165, 1.54) is 0 Å². The van der Waals surface area contributed by atoms with E-state index in [0.29, 0.717) is 11.8 Å². The number of hydrogen-bond acceptors (Lipinski definition) is 3. The van der Waals surface area contributed by atoms with Gasteiger partial charge in [-0.15, -0.1) is 0 Å². The van der Waals surface area contributed by atoms with Crippen LogP contribution in [0.15, 0.2) is 0 Å². The molecule has 0 aliphatic carbocycles. The van der Waals surface area contributed by atoms with Gasteiger partial charge < -0.3 is 5.32 Å². The summed E-state index contributed by atoms with van der Waals surface area (Å²) in [6, 6.07) is 0.502. The predicted molar refractivity (Wildman–Crippen MR) is 70.5 cm³/mol. The Kier molecular flexibility index (Phi) is 8.02. The molecule has 0 fully saturated rings. The molecule has 0 aliphatic heterocycles. The number of sulfone groups is 1. The van der Waals surface area contributed by atoms with Crippen LogP contribution in [0.25, 0.3) is 0 Å². The van der Waals surface area contributed by atoms with Crippen molar-refractivity contribution in [1.82, 2.24) is 5.32 Å². The van der Waals surface area contributed by atoms with Gasteiger partial charge in [0, 0.05) is 6.04 Å². The molecule has 0 bridgehead atoms. The fourth-order valence-electron chi connectivity index (χ4n) is 1.48. The van der Waals surface area contributed by atoms with Crippen molar-refractivity contribution in [2.24, 2.45) is 0 Å². The van der Waals surface area contributed by atoms with Crippen molar-refractivity contribution in [3.8, 4) is 0 Å². The summed E-state index contributed by atoms with van der Waals surface area (Å²) in [7, 11) is -2.83. The minimum atomic E-state index is -2.83. The highest BCUT2D eigenvalue weighted by Gasteiger charge is 2.15. The summed E-state index contributed by atoms with van der Waals surface area (Å²) in [6.07, 6.45) is 3.99. The van der Waals surface area contributed by atoms with Crippen molar-refractivity contribution < 1.29 is 8.42 Å². The van der Waals surface area contributed by atoms with E-state index in [2.05, 4.69) is 19.2 Å². The maximum absolute atomic E-state index is 11.5. The Morgan fingerprint density at radius 3 is 2.25 bits per heavy atom. The van der Waals surface area contributed by atoms with E-state index < -0.39 is 9.84 Å². The van der Waals surface area contributed by atoms with Crippen LogP contribution in [0.2, 0.25) is 0 Å². The van der Waals surface area contributed by atoms with Gasteiger partial charge in [-0.2, -0.15) is 0 Å². The summed E-state index contributed by atoms with van der Waals surface area (Å²) in [5.41, 5.74) is 0. The fourth-order valence-corrected chi connectivity index (χ4v) is 2.56. The lowest BCUT2D eigenvalue weighted by molar-refractivity contribution is 0.494. The van der Waals surface area contributed by atoms with Crippen LogP contribution in [0.5, 0.6) is 0 Å². The first-order chi connectivity index (χ1) is 7.40. The summed E-state index contributed by atoms with van der Waals surface area (Å²) in [4.78, 5) is 0. The minimum Gasteiger partial charge on any atom is -0.314 e. The van der Waals surface area contributed by atoms with Gasteiger partial charge in [-0.05, 0) is 46.6 Å². The molecule has 0 rings (SSSR count). The van der Waals surface area contributed by atoms with E-state index in [4.69, 9.17) is 0 Å². The highest BCUT2D eigenvalue weighted by Crippen LogP contribution is 2.07. The third-order valence-electron chi connectivity index (χ3n) is 2.78. The lowest BCUT2D eigenvalue weighted by Gasteiger charge is -2.13. The smallest absolute Gasteiger partial charge is 0.152 e. The number of hydrogen-bond donors (Lipinski definition) is 1. The highest BCUT2D eigenvalue weighted by molar-refractivity contribution is 7.91. The second kappa shape index (κ2) is 8.07. The summed E-state index contributed by atoms with van der Waals surface area (Å²) in [6.45, 7) is 8.86. The average molecular weight is 249 g/mol. The third-order valence-corrected chi connectivity index (χ3v) is 5.07. The summed E-state index contributed by atoms with van der Waals surface area (Å²) >= 11 is 0. The van der Waals surface area contributed by atoms with E-state index >= 15 is 0 Å². The van der Waals surface area contributed by atoms with Gasteiger partial charge in [0.05, 0.1) is 11.0 Å². The first kappa shape index (κ1) is 15.9. The van der Waals surface area contributed by atoms with Gasteiger partial charge in [0.15, 0.2) is 9.84 Å². The van der Waals surface area contributed by atoms with Crippen molar-refractivity contribution in [2.45, 2.75) is 64.7 Å². The first-order valence-electron chi connectivity index (χ1n) is 6.35. The molecule has 0 aromatic heterocycles. The molecule has 0 heterocycles. The van der Waals surface area contributed by atoms with E-state index in [9.17, 15) is 8.42 Å². The molecule has 0 aliphatic rings. The quantitative estimate of drug-likeness (QED) is 0.638. The molecule has 0 aromatic rings. The summed E-state index contributed by atoms with van der Waals surface area (Å²) < 4.78 is 23.1. The summed E-state index contributed by atoms with van der Waals surface area (Å²) in [5.74, 6) is 0.338. The molecule has 16 heavy (non-hydrogen) atoms. The maximum Gasteiger partial charge on any atom is 0.152 e. The Morgan fingerprint density at radius 2 is 1.75 bits per heavy atom. The van der Waals surface area contributed by atoms with E-state index in [1.54, 1.807) is 13.8 Å². The number of unbranched alkanes of at least 4 members (excludes halogenated alkanes) is 1. The van der Waals surface area contributed by atoms with Gasteiger partial charge in [0.25, 0.3) is 0 Å². The van der Waals surface area contributed by atoms with Gasteiger partial charge in [0.1, 0.15) is 0 Å². The second-order valence-corrected chi connectivity index (χ2v) is 7.44. The van der Waals surface area contributed by atoms with E-state index in [0.717, 1.165) is 32.2 Å². The molecule has 0 radical (unpaired) electrons. The van der Waals surface area contributed by atoms with Gasteiger partial charge in [-0.25, -0.2) is 8.42 Å². The largest absolute Gasteiger partial charge is 0.314 e. The highest BCUT2D eigenvalue weighted by atomic mass is 32.2. The Balaban J connectivity index is 3.61. The Labute approximate surface area is 101 Å². The Hall–Kier alpha value is -0.0900. The van der Waals surface area contributed by atoms with Gasteiger partial charge in [0.2, 0.25) is 0 Å². The van der Waals surface area contributed by atoms with Crippen molar-refractivity contribution in [3.63, 3.8) is 0 Å². The zero-order chi connectivity index (χ0) is 12.6. The minimum absolute atomic E-state index is 0.233.